The minimum absolute atomic E-state index is 0.0973. The van der Waals surface area contributed by atoms with Crippen LogP contribution in [0.5, 0.6) is 5.75 Å². The number of aryl methyl sites for hydroxylation is 2. The zero-order valence-electron chi connectivity index (χ0n) is 15.5. The first-order valence-corrected chi connectivity index (χ1v) is 10.3. The lowest BCUT2D eigenvalue weighted by Gasteiger charge is -2.34. The van der Waals surface area contributed by atoms with E-state index in [0.717, 1.165) is 17.5 Å². The quantitative estimate of drug-likeness (QED) is 0.772. The van der Waals surface area contributed by atoms with Crippen molar-refractivity contribution >= 4 is 15.9 Å². The van der Waals surface area contributed by atoms with Crippen LogP contribution in [0.1, 0.15) is 41.3 Å². The fraction of sp³-hybridized carbons (Fsp3) is 0.611. The third-order valence-electron chi connectivity index (χ3n) is 4.55. The van der Waals surface area contributed by atoms with Crippen molar-refractivity contribution in [1.82, 2.24) is 9.21 Å². The summed E-state index contributed by atoms with van der Waals surface area (Å²) in [6, 6.07) is 3.81. The van der Waals surface area contributed by atoms with E-state index in [2.05, 4.69) is 0 Å². The number of hydrogen-bond donors (Lipinski definition) is 0. The summed E-state index contributed by atoms with van der Waals surface area (Å²) < 4.78 is 31.5. The van der Waals surface area contributed by atoms with Crippen molar-refractivity contribution in [2.75, 3.05) is 39.0 Å². The maximum atomic E-state index is 12.9. The summed E-state index contributed by atoms with van der Waals surface area (Å²) >= 11 is 0. The van der Waals surface area contributed by atoms with Gasteiger partial charge in [0.1, 0.15) is 5.75 Å². The van der Waals surface area contributed by atoms with Crippen molar-refractivity contribution in [2.45, 2.75) is 33.6 Å². The van der Waals surface area contributed by atoms with Crippen LogP contribution < -0.4 is 4.74 Å². The molecule has 0 radical (unpaired) electrons. The first kappa shape index (κ1) is 19.7. The van der Waals surface area contributed by atoms with Crippen LogP contribution >= 0.6 is 0 Å². The lowest BCUT2D eigenvalue weighted by atomic mass is 10.0. The lowest BCUT2D eigenvalue weighted by molar-refractivity contribution is 0.0693. The Morgan fingerprint density at radius 3 is 2.36 bits per heavy atom. The summed E-state index contributed by atoms with van der Waals surface area (Å²) in [5, 5.41) is 0. The van der Waals surface area contributed by atoms with Gasteiger partial charge in [0.25, 0.3) is 5.91 Å². The number of benzene rings is 1. The molecule has 1 aliphatic rings. The molecule has 0 spiro atoms. The van der Waals surface area contributed by atoms with Gasteiger partial charge in [0, 0.05) is 26.2 Å². The van der Waals surface area contributed by atoms with Crippen LogP contribution in [-0.2, 0) is 10.0 Å². The predicted octanol–water partition coefficient (Wildman–Crippen LogP) is 2.20. The summed E-state index contributed by atoms with van der Waals surface area (Å²) in [5.41, 5.74) is 2.48. The van der Waals surface area contributed by atoms with Crippen molar-refractivity contribution in [3.05, 3.63) is 28.8 Å². The van der Waals surface area contributed by atoms with E-state index in [4.69, 9.17) is 4.74 Å². The first-order chi connectivity index (χ1) is 11.8. The largest absolute Gasteiger partial charge is 0.496 e. The Morgan fingerprint density at radius 2 is 1.80 bits per heavy atom. The molecule has 1 aromatic rings. The van der Waals surface area contributed by atoms with Crippen molar-refractivity contribution in [3.63, 3.8) is 0 Å². The molecule has 1 heterocycles. The molecule has 0 atom stereocenters. The average molecular weight is 368 g/mol. The molecule has 1 amide bonds. The van der Waals surface area contributed by atoms with Crippen LogP contribution in [0.2, 0.25) is 0 Å². The Morgan fingerprint density at radius 1 is 1.16 bits per heavy atom. The molecule has 7 heteroatoms. The maximum absolute atomic E-state index is 12.9. The normalized spacial score (nSPS) is 16.1. The molecule has 0 bridgehead atoms. The fourth-order valence-corrected chi connectivity index (χ4v) is 4.78. The molecule has 0 N–H and O–H groups in total. The number of amides is 1. The first-order valence-electron chi connectivity index (χ1n) is 8.72. The molecule has 1 saturated heterocycles. The average Bonchev–Trinajstić information content (AvgIpc) is 2.59. The predicted molar refractivity (Wildman–Crippen MR) is 98.6 cm³/mol. The molecule has 0 aliphatic carbocycles. The smallest absolute Gasteiger partial charge is 0.257 e. The highest BCUT2D eigenvalue weighted by Crippen LogP contribution is 2.26. The number of piperazine rings is 1. The minimum atomic E-state index is -3.22. The van der Waals surface area contributed by atoms with E-state index in [0.29, 0.717) is 43.9 Å². The second-order valence-corrected chi connectivity index (χ2v) is 8.61. The number of unbranched alkanes of at least 4 members (excludes halogenated alkanes) is 1. The van der Waals surface area contributed by atoms with Crippen molar-refractivity contribution < 1.29 is 17.9 Å². The molecule has 6 nitrogen and oxygen atoms in total. The number of methoxy groups -OCH3 is 1. The molecule has 0 unspecified atom stereocenters. The minimum Gasteiger partial charge on any atom is -0.496 e. The van der Waals surface area contributed by atoms with Gasteiger partial charge in [-0.25, -0.2) is 8.42 Å². The number of sulfonamides is 1. The van der Waals surface area contributed by atoms with Gasteiger partial charge in [-0.05, 0) is 37.5 Å². The van der Waals surface area contributed by atoms with Gasteiger partial charge in [0.2, 0.25) is 10.0 Å². The second kappa shape index (κ2) is 8.19. The van der Waals surface area contributed by atoms with E-state index >= 15 is 0 Å². The Kier molecular flexibility index (Phi) is 6.46. The van der Waals surface area contributed by atoms with Crippen LogP contribution in [0.15, 0.2) is 12.1 Å². The molecular weight excluding hydrogens is 340 g/mol. The molecule has 140 valence electrons. The summed E-state index contributed by atoms with van der Waals surface area (Å²) in [7, 11) is -1.66. The molecule has 1 fully saturated rings. The van der Waals surface area contributed by atoms with Crippen molar-refractivity contribution in [2.24, 2.45) is 0 Å². The van der Waals surface area contributed by atoms with Gasteiger partial charge in [0.05, 0.1) is 18.4 Å². The second-order valence-electron chi connectivity index (χ2n) is 6.52. The molecule has 1 aliphatic heterocycles. The monoisotopic (exact) mass is 368 g/mol. The Hall–Kier alpha value is -1.60. The van der Waals surface area contributed by atoms with Gasteiger partial charge in [-0.3, -0.25) is 4.79 Å². The van der Waals surface area contributed by atoms with Crippen LogP contribution in [0, 0.1) is 13.8 Å². The molecule has 0 saturated carbocycles. The summed E-state index contributed by atoms with van der Waals surface area (Å²) in [6.45, 7) is 7.35. The van der Waals surface area contributed by atoms with Gasteiger partial charge >= 0.3 is 0 Å². The number of carbonyl (C=O) groups is 1. The Bertz CT molecular complexity index is 723. The summed E-state index contributed by atoms with van der Waals surface area (Å²) in [5.74, 6) is 0.656. The highest BCUT2D eigenvalue weighted by Gasteiger charge is 2.30. The number of ether oxygens (including phenoxy) is 1. The van der Waals surface area contributed by atoms with E-state index in [1.165, 1.54) is 4.31 Å². The molecule has 2 rings (SSSR count). The number of rotatable bonds is 6. The zero-order valence-corrected chi connectivity index (χ0v) is 16.4. The van der Waals surface area contributed by atoms with Crippen LogP contribution in [0.4, 0.5) is 0 Å². The summed E-state index contributed by atoms with van der Waals surface area (Å²) in [4.78, 5) is 14.6. The topological polar surface area (TPSA) is 66.9 Å². The highest BCUT2D eigenvalue weighted by atomic mass is 32.2. The van der Waals surface area contributed by atoms with Crippen LogP contribution in [-0.4, -0.2) is 62.6 Å². The van der Waals surface area contributed by atoms with E-state index in [-0.39, 0.29) is 11.7 Å². The van der Waals surface area contributed by atoms with Crippen LogP contribution in [0.3, 0.4) is 0 Å². The van der Waals surface area contributed by atoms with Gasteiger partial charge in [-0.1, -0.05) is 19.4 Å². The maximum Gasteiger partial charge on any atom is 0.257 e. The van der Waals surface area contributed by atoms with Gasteiger partial charge in [-0.2, -0.15) is 4.31 Å². The summed E-state index contributed by atoms with van der Waals surface area (Å²) in [6.07, 6.45) is 1.52. The van der Waals surface area contributed by atoms with Gasteiger partial charge in [0.15, 0.2) is 0 Å². The standard InChI is InChI=1S/C18H28N2O4S/c1-5-6-11-25(22,23)20-9-7-19(8-10-20)18(21)17-15(3)12-14(2)13-16(17)24-4/h12-13H,5-11H2,1-4H3. The molecular formula is C18H28N2O4S. The van der Waals surface area contributed by atoms with Gasteiger partial charge in [-0.15, -0.1) is 0 Å². The van der Waals surface area contributed by atoms with Crippen molar-refractivity contribution in [1.29, 1.82) is 0 Å². The third kappa shape index (κ3) is 4.52. The number of hydrogen-bond acceptors (Lipinski definition) is 4. The number of carbonyl (C=O) groups excluding carboxylic acids is 1. The number of nitrogens with zero attached hydrogens (tertiary/aromatic N) is 2. The zero-order chi connectivity index (χ0) is 18.6. The van der Waals surface area contributed by atoms with Crippen LogP contribution in [0.25, 0.3) is 0 Å². The van der Waals surface area contributed by atoms with Crippen molar-refractivity contribution in [3.8, 4) is 5.75 Å². The SMILES string of the molecule is CCCCS(=O)(=O)N1CCN(C(=O)c2c(C)cc(C)cc2OC)CC1. The van der Waals surface area contributed by atoms with E-state index in [9.17, 15) is 13.2 Å². The molecule has 25 heavy (non-hydrogen) atoms. The van der Waals surface area contributed by atoms with E-state index in [1.807, 2.05) is 32.9 Å². The third-order valence-corrected chi connectivity index (χ3v) is 6.51. The Labute approximate surface area is 150 Å². The Balaban J connectivity index is 2.10. The molecule has 1 aromatic carbocycles. The lowest BCUT2D eigenvalue weighted by Crippen LogP contribution is -2.51. The molecule has 0 aromatic heterocycles. The van der Waals surface area contributed by atoms with E-state index < -0.39 is 10.0 Å². The van der Waals surface area contributed by atoms with E-state index in [1.54, 1.807) is 12.0 Å². The fourth-order valence-electron chi connectivity index (χ4n) is 3.15. The highest BCUT2D eigenvalue weighted by molar-refractivity contribution is 7.89. The van der Waals surface area contributed by atoms with Gasteiger partial charge < -0.3 is 9.64 Å².